The molecule has 2 aliphatic rings. The quantitative estimate of drug-likeness (QED) is 0.475. The van der Waals surface area contributed by atoms with E-state index in [9.17, 15) is 9.59 Å². The van der Waals surface area contributed by atoms with Crippen molar-refractivity contribution in [2.75, 3.05) is 6.61 Å². The average Bonchev–Trinajstić information content (AvgIpc) is 3.33. The van der Waals surface area contributed by atoms with E-state index in [-0.39, 0.29) is 39.9 Å². The van der Waals surface area contributed by atoms with Gasteiger partial charge in [-0.2, -0.15) is 0 Å². The van der Waals surface area contributed by atoms with Gasteiger partial charge in [-0.15, -0.1) is 0 Å². The number of nitrogens with zero attached hydrogens (tertiary/aromatic N) is 1. The molecule has 4 rings (SSSR count). The van der Waals surface area contributed by atoms with Crippen molar-refractivity contribution in [3.8, 4) is 0 Å². The van der Waals surface area contributed by atoms with E-state index in [2.05, 4.69) is 93.4 Å². The third kappa shape index (κ3) is 4.87. The number of aromatic amines is 2. The van der Waals surface area contributed by atoms with Gasteiger partial charge in [-0.25, -0.2) is 4.79 Å². The molecule has 2 aromatic rings. The average molecular weight is 551 g/mol. The van der Waals surface area contributed by atoms with E-state index in [1.165, 1.54) is 0 Å². The van der Waals surface area contributed by atoms with Crippen LogP contribution in [0.1, 0.15) is 67.0 Å². The minimum absolute atomic E-state index is 0.0288. The van der Waals surface area contributed by atoms with E-state index < -0.39 is 28.0 Å². The van der Waals surface area contributed by atoms with E-state index in [1.54, 1.807) is 0 Å². The molecule has 3 N–H and O–H groups in total. The molecule has 2 aromatic heterocycles. The molecule has 2 saturated heterocycles. The topological polar surface area (TPSA) is 110 Å². The lowest BCUT2D eigenvalue weighted by Gasteiger charge is -2.38. The minimum atomic E-state index is -2.21. The summed E-state index contributed by atoms with van der Waals surface area (Å²) in [5, 5.41) is 3.78. The lowest BCUT2D eigenvalue weighted by molar-refractivity contribution is -0.157. The van der Waals surface area contributed by atoms with Crippen molar-refractivity contribution >= 4 is 27.6 Å². The van der Waals surface area contributed by atoms with Crippen LogP contribution in [0.25, 0.3) is 11.0 Å². The Hall–Kier alpha value is -1.51. The largest absolute Gasteiger partial charge is 0.415 e. The normalized spacial score (nSPS) is 26.7. The molecular weight excluding hydrogens is 504 g/mol. The highest BCUT2D eigenvalue weighted by molar-refractivity contribution is 6.79. The van der Waals surface area contributed by atoms with Crippen LogP contribution in [0.3, 0.4) is 0 Å². The van der Waals surface area contributed by atoms with Gasteiger partial charge in [0.25, 0.3) is 5.56 Å². The molecule has 0 amide bonds. The summed E-state index contributed by atoms with van der Waals surface area (Å²) < 4.78 is 21.6. The van der Waals surface area contributed by atoms with Gasteiger partial charge in [0.1, 0.15) is 17.7 Å². The summed E-state index contributed by atoms with van der Waals surface area (Å²) in [6.07, 6.45) is 1.56. The first-order valence-electron chi connectivity index (χ1n) is 13.3. The van der Waals surface area contributed by atoms with Crippen LogP contribution >= 0.6 is 0 Å². The zero-order chi connectivity index (χ0) is 27.9. The first-order valence-corrected chi connectivity index (χ1v) is 19.2. The second-order valence-corrected chi connectivity index (χ2v) is 24.2. The second kappa shape index (κ2) is 8.75. The molecule has 37 heavy (non-hydrogen) atoms. The zero-order valence-corrected chi connectivity index (χ0v) is 26.6. The Morgan fingerprint density at radius 3 is 2.14 bits per heavy atom. The molecule has 2 fully saturated rings. The Balaban J connectivity index is 1.81. The van der Waals surface area contributed by atoms with Crippen LogP contribution in [0.15, 0.2) is 15.8 Å². The number of rotatable bonds is 5. The Morgan fingerprint density at radius 1 is 0.973 bits per heavy atom. The van der Waals surface area contributed by atoms with Crippen molar-refractivity contribution in [3.63, 3.8) is 0 Å². The third-order valence-corrected chi connectivity index (χ3v) is 18.9. The van der Waals surface area contributed by atoms with Crippen molar-refractivity contribution in [3.05, 3.63) is 32.6 Å². The predicted molar refractivity (Wildman–Crippen MR) is 152 cm³/mol. The maximum absolute atomic E-state index is 13.2. The fraction of sp³-hybridized carbons (Fsp3) is 0.769. The van der Waals surface area contributed by atoms with E-state index in [0.717, 1.165) is 5.56 Å². The summed E-state index contributed by atoms with van der Waals surface area (Å²) in [4.78, 5) is 31.0. The molecule has 9 nitrogen and oxygen atoms in total. The number of aromatic nitrogens is 3. The summed E-state index contributed by atoms with van der Waals surface area (Å²) in [5.74, 6) is -0.742. The smallest absolute Gasteiger partial charge is 0.326 e. The van der Waals surface area contributed by atoms with Gasteiger partial charge in [0.15, 0.2) is 22.3 Å². The van der Waals surface area contributed by atoms with Crippen LogP contribution in [0.5, 0.6) is 0 Å². The SMILES string of the molecule is CC1(C)O[C@@H]2[C@H](O1)[C@@H](CO[Si](C)(C)C(C)(C)C)N[C@H]2c1cn([Si](C)(C)C(C)(C)C)c2c(=O)[nH]c(=O)[nH]c12. The number of ether oxygens (including phenoxy) is 2. The summed E-state index contributed by atoms with van der Waals surface area (Å²) >= 11 is 0. The summed E-state index contributed by atoms with van der Waals surface area (Å²) in [7, 11) is -4.19. The van der Waals surface area contributed by atoms with Crippen molar-refractivity contribution in [2.24, 2.45) is 0 Å². The number of hydrogen-bond donors (Lipinski definition) is 3. The van der Waals surface area contributed by atoms with Crippen LogP contribution in [0, 0.1) is 0 Å². The van der Waals surface area contributed by atoms with Gasteiger partial charge < -0.3 is 28.4 Å². The van der Waals surface area contributed by atoms with E-state index in [0.29, 0.717) is 17.6 Å². The van der Waals surface area contributed by atoms with Gasteiger partial charge in [-0.1, -0.05) is 54.6 Å². The zero-order valence-electron chi connectivity index (χ0n) is 24.6. The van der Waals surface area contributed by atoms with Crippen molar-refractivity contribution < 1.29 is 13.9 Å². The molecule has 0 aliphatic carbocycles. The van der Waals surface area contributed by atoms with E-state index >= 15 is 0 Å². The Morgan fingerprint density at radius 2 is 1.57 bits per heavy atom. The highest BCUT2D eigenvalue weighted by Gasteiger charge is 2.55. The lowest BCUT2D eigenvalue weighted by Crippen LogP contribution is -2.47. The summed E-state index contributed by atoms with van der Waals surface area (Å²) in [6, 6.07) is -0.364. The molecule has 4 atom stereocenters. The molecule has 2 aliphatic heterocycles. The fourth-order valence-electron chi connectivity index (χ4n) is 4.96. The summed E-state index contributed by atoms with van der Waals surface area (Å²) in [5.41, 5.74) is 1.05. The fourth-order valence-corrected chi connectivity index (χ4v) is 7.94. The highest BCUT2D eigenvalue weighted by atomic mass is 28.4. The lowest BCUT2D eigenvalue weighted by atomic mass is 10.0. The van der Waals surface area contributed by atoms with Crippen molar-refractivity contribution in [1.82, 2.24) is 19.5 Å². The second-order valence-electron chi connectivity index (χ2n) is 14.3. The van der Waals surface area contributed by atoms with Gasteiger partial charge in [0.05, 0.1) is 24.2 Å². The Bertz CT molecular complexity index is 1300. The first-order chi connectivity index (χ1) is 16.7. The molecule has 0 aromatic carbocycles. The van der Waals surface area contributed by atoms with Crippen molar-refractivity contribution in [1.29, 1.82) is 0 Å². The van der Waals surface area contributed by atoms with Crippen LogP contribution in [0.4, 0.5) is 0 Å². The van der Waals surface area contributed by atoms with Crippen LogP contribution in [-0.4, -0.2) is 61.4 Å². The van der Waals surface area contributed by atoms with Crippen molar-refractivity contribution in [2.45, 2.75) is 122 Å². The molecule has 0 saturated carbocycles. The molecule has 0 spiro atoms. The minimum Gasteiger partial charge on any atom is -0.415 e. The third-order valence-electron chi connectivity index (χ3n) is 9.20. The van der Waals surface area contributed by atoms with Gasteiger partial charge in [-0.05, 0) is 37.0 Å². The van der Waals surface area contributed by atoms with Gasteiger partial charge in [-0.3, -0.25) is 9.78 Å². The van der Waals surface area contributed by atoms with E-state index in [1.807, 2.05) is 13.8 Å². The molecule has 0 unspecified atom stereocenters. The molecule has 0 bridgehead atoms. The standard InChI is InChI=1S/C26H46N4O5Si2/c1-24(2,3)36(9,10)30-13-15(17-19(30)22(31)29-23(32)28-17)18-21-20(34-26(7,8)35-21)16(27-18)14-33-37(11,12)25(4,5)6/h13,16,18,20-21,27H,14H2,1-12H3,(H2,28,29,31,32)/t16-,18+,20-,21+/m1/s1. The predicted octanol–water partition coefficient (Wildman–Crippen LogP) is 4.43. The monoisotopic (exact) mass is 550 g/mol. The molecule has 0 radical (unpaired) electrons. The highest BCUT2D eigenvalue weighted by Crippen LogP contribution is 2.45. The number of H-pyrrole nitrogens is 2. The molecule has 11 heteroatoms. The summed E-state index contributed by atoms with van der Waals surface area (Å²) in [6.45, 7) is 26.7. The number of nitrogens with one attached hydrogen (secondary N) is 3. The number of hydrogen-bond acceptors (Lipinski definition) is 6. The van der Waals surface area contributed by atoms with Gasteiger partial charge in [0, 0.05) is 11.8 Å². The molecule has 4 heterocycles. The number of fused-ring (bicyclic) bond motifs is 2. The van der Waals surface area contributed by atoms with E-state index in [4.69, 9.17) is 13.9 Å². The van der Waals surface area contributed by atoms with Gasteiger partial charge >= 0.3 is 5.69 Å². The van der Waals surface area contributed by atoms with Crippen LogP contribution < -0.4 is 16.6 Å². The maximum Gasteiger partial charge on any atom is 0.326 e. The maximum atomic E-state index is 13.2. The Kier molecular flexibility index (Phi) is 6.74. The Labute approximate surface area is 221 Å². The van der Waals surface area contributed by atoms with Gasteiger partial charge in [0.2, 0.25) is 0 Å². The van der Waals surface area contributed by atoms with Crippen LogP contribution in [0.2, 0.25) is 36.3 Å². The van der Waals surface area contributed by atoms with Crippen LogP contribution in [-0.2, 0) is 13.9 Å². The molecule has 208 valence electrons. The first kappa shape index (κ1) is 28.5. The molecular formula is C26H46N4O5Si2.